The van der Waals surface area contributed by atoms with Crippen LogP contribution in [0.5, 0.6) is 0 Å². The Bertz CT molecular complexity index is 790. The molecule has 2 N–H and O–H groups in total. The van der Waals surface area contributed by atoms with E-state index in [0.29, 0.717) is 21.8 Å². The fraction of sp³-hybridized carbons (Fsp3) is 0.167. The molecule has 130 valence electrons. The Balaban J connectivity index is 1.99. The highest BCUT2D eigenvalue weighted by atomic mass is 35.5. The number of hydrogen-bond acceptors (Lipinski definition) is 4. The van der Waals surface area contributed by atoms with Crippen LogP contribution in [0.2, 0.25) is 5.02 Å². The zero-order valence-electron chi connectivity index (χ0n) is 13.7. The van der Waals surface area contributed by atoms with Crippen molar-refractivity contribution in [2.45, 2.75) is 13.0 Å². The summed E-state index contributed by atoms with van der Waals surface area (Å²) in [7, 11) is 1.28. The molecule has 0 bridgehead atoms. The van der Waals surface area contributed by atoms with Crippen molar-refractivity contribution in [1.82, 2.24) is 5.32 Å². The summed E-state index contributed by atoms with van der Waals surface area (Å²) >= 11 is 5.78. The van der Waals surface area contributed by atoms with Crippen LogP contribution in [0, 0.1) is 0 Å². The van der Waals surface area contributed by atoms with Gasteiger partial charge in [0, 0.05) is 16.3 Å². The second kappa shape index (κ2) is 8.30. The lowest BCUT2D eigenvalue weighted by Gasteiger charge is -2.14. The van der Waals surface area contributed by atoms with Crippen LogP contribution in [0.25, 0.3) is 0 Å². The summed E-state index contributed by atoms with van der Waals surface area (Å²) in [5, 5.41) is 5.76. The summed E-state index contributed by atoms with van der Waals surface area (Å²) in [6.07, 6.45) is 0. The lowest BCUT2D eigenvalue weighted by atomic mass is 10.2. The van der Waals surface area contributed by atoms with E-state index in [2.05, 4.69) is 15.4 Å². The van der Waals surface area contributed by atoms with E-state index in [1.165, 1.54) is 13.2 Å². The van der Waals surface area contributed by atoms with Crippen molar-refractivity contribution in [1.29, 1.82) is 0 Å². The minimum Gasteiger partial charge on any atom is -0.465 e. The molecule has 0 fully saturated rings. The number of benzene rings is 2. The summed E-state index contributed by atoms with van der Waals surface area (Å²) in [5.74, 6) is -1.30. The highest BCUT2D eigenvalue weighted by Crippen LogP contribution is 2.12. The van der Waals surface area contributed by atoms with Gasteiger partial charge in [-0.05, 0) is 49.4 Å². The molecule has 0 spiro atoms. The summed E-state index contributed by atoms with van der Waals surface area (Å²) in [5.41, 5.74) is 1.15. The van der Waals surface area contributed by atoms with E-state index in [-0.39, 0.29) is 5.91 Å². The zero-order chi connectivity index (χ0) is 18.4. The molecule has 0 radical (unpaired) electrons. The van der Waals surface area contributed by atoms with Crippen LogP contribution >= 0.6 is 11.6 Å². The van der Waals surface area contributed by atoms with Crippen LogP contribution in [0.3, 0.4) is 0 Å². The molecule has 2 amide bonds. The monoisotopic (exact) mass is 360 g/mol. The Kier molecular flexibility index (Phi) is 6.14. The first-order chi connectivity index (χ1) is 11.9. The highest BCUT2D eigenvalue weighted by molar-refractivity contribution is 6.30. The quantitative estimate of drug-likeness (QED) is 0.803. The fourth-order valence-corrected chi connectivity index (χ4v) is 2.17. The van der Waals surface area contributed by atoms with Crippen molar-refractivity contribution in [3.63, 3.8) is 0 Å². The van der Waals surface area contributed by atoms with Crippen molar-refractivity contribution in [2.75, 3.05) is 12.4 Å². The summed E-state index contributed by atoms with van der Waals surface area (Å²) in [4.78, 5) is 35.8. The average Bonchev–Trinajstić information content (AvgIpc) is 2.61. The van der Waals surface area contributed by atoms with Crippen LogP contribution in [0.15, 0.2) is 48.5 Å². The standard InChI is InChI=1S/C18H17ClN2O4/c1-11(20-17(23)12-6-8-14(19)9-7-12)16(22)21-15-5-3-4-13(10-15)18(24)25-2/h3-11H,1-2H3,(H,20,23)(H,21,22). The van der Waals surface area contributed by atoms with Gasteiger partial charge in [-0.15, -0.1) is 0 Å². The average molecular weight is 361 g/mol. The van der Waals surface area contributed by atoms with Crippen molar-refractivity contribution in [3.05, 3.63) is 64.7 Å². The molecule has 25 heavy (non-hydrogen) atoms. The van der Waals surface area contributed by atoms with E-state index in [1.54, 1.807) is 49.4 Å². The molecule has 7 heteroatoms. The predicted octanol–water partition coefficient (Wildman–Crippen LogP) is 2.88. The third-order valence-electron chi connectivity index (χ3n) is 3.40. The molecular weight excluding hydrogens is 344 g/mol. The number of methoxy groups -OCH3 is 1. The Morgan fingerprint density at radius 2 is 1.72 bits per heavy atom. The Morgan fingerprint density at radius 3 is 2.36 bits per heavy atom. The van der Waals surface area contributed by atoms with Gasteiger partial charge in [-0.3, -0.25) is 9.59 Å². The highest BCUT2D eigenvalue weighted by Gasteiger charge is 2.17. The molecule has 1 unspecified atom stereocenters. The van der Waals surface area contributed by atoms with Crippen LogP contribution < -0.4 is 10.6 Å². The number of esters is 1. The Morgan fingerprint density at radius 1 is 1.04 bits per heavy atom. The molecular formula is C18H17ClN2O4. The molecule has 0 aliphatic carbocycles. The Labute approximate surface area is 150 Å². The Hall–Kier alpha value is -2.86. The van der Waals surface area contributed by atoms with E-state index in [1.807, 2.05) is 0 Å². The lowest BCUT2D eigenvalue weighted by molar-refractivity contribution is -0.117. The van der Waals surface area contributed by atoms with Gasteiger partial charge < -0.3 is 15.4 Å². The number of amides is 2. The van der Waals surface area contributed by atoms with E-state index < -0.39 is 17.9 Å². The number of hydrogen-bond donors (Lipinski definition) is 2. The maximum absolute atomic E-state index is 12.2. The van der Waals surface area contributed by atoms with Gasteiger partial charge in [0.25, 0.3) is 5.91 Å². The molecule has 0 aliphatic heterocycles. The predicted molar refractivity (Wildman–Crippen MR) is 94.8 cm³/mol. The number of rotatable bonds is 5. The molecule has 6 nitrogen and oxygen atoms in total. The number of halogens is 1. The first kappa shape index (κ1) is 18.5. The minimum atomic E-state index is -0.773. The molecule has 0 heterocycles. The molecule has 0 aromatic heterocycles. The summed E-state index contributed by atoms with van der Waals surface area (Å²) in [6, 6.07) is 11.9. The van der Waals surface area contributed by atoms with Gasteiger partial charge in [-0.25, -0.2) is 4.79 Å². The van der Waals surface area contributed by atoms with Gasteiger partial charge in [-0.2, -0.15) is 0 Å². The second-order valence-electron chi connectivity index (χ2n) is 5.26. The first-order valence-corrected chi connectivity index (χ1v) is 7.84. The lowest BCUT2D eigenvalue weighted by Crippen LogP contribution is -2.41. The fourth-order valence-electron chi connectivity index (χ4n) is 2.04. The van der Waals surface area contributed by atoms with Crippen molar-refractivity contribution in [2.24, 2.45) is 0 Å². The molecule has 2 rings (SSSR count). The zero-order valence-corrected chi connectivity index (χ0v) is 14.5. The number of anilines is 1. The van der Waals surface area contributed by atoms with Crippen molar-refractivity contribution < 1.29 is 19.1 Å². The number of carbonyl (C=O) groups is 3. The van der Waals surface area contributed by atoms with E-state index in [4.69, 9.17) is 11.6 Å². The normalized spacial score (nSPS) is 11.3. The number of ether oxygens (including phenoxy) is 1. The smallest absolute Gasteiger partial charge is 0.337 e. The molecule has 2 aromatic carbocycles. The van der Waals surface area contributed by atoms with E-state index >= 15 is 0 Å². The van der Waals surface area contributed by atoms with Gasteiger partial charge >= 0.3 is 5.97 Å². The van der Waals surface area contributed by atoms with E-state index in [0.717, 1.165) is 0 Å². The van der Waals surface area contributed by atoms with Gasteiger partial charge in [0.1, 0.15) is 6.04 Å². The number of carbonyl (C=O) groups excluding carboxylic acids is 3. The van der Waals surface area contributed by atoms with Crippen molar-refractivity contribution >= 4 is 35.1 Å². The maximum atomic E-state index is 12.2. The molecule has 0 saturated carbocycles. The van der Waals surface area contributed by atoms with Gasteiger partial charge in [0.05, 0.1) is 12.7 Å². The van der Waals surface area contributed by atoms with Gasteiger partial charge in [0.15, 0.2) is 0 Å². The summed E-state index contributed by atoms with van der Waals surface area (Å²) in [6.45, 7) is 1.56. The largest absolute Gasteiger partial charge is 0.465 e. The van der Waals surface area contributed by atoms with Crippen molar-refractivity contribution in [3.8, 4) is 0 Å². The SMILES string of the molecule is COC(=O)c1cccc(NC(=O)C(C)NC(=O)c2ccc(Cl)cc2)c1. The summed E-state index contributed by atoms with van der Waals surface area (Å²) < 4.78 is 4.64. The first-order valence-electron chi connectivity index (χ1n) is 7.46. The topological polar surface area (TPSA) is 84.5 Å². The second-order valence-corrected chi connectivity index (χ2v) is 5.70. The van der Waals surface area contributed by atoms with Crippen LogP contribution in [-0.2, 0) is 9.53 Å². The van der Waals surface area contributed by atoms with Crippen LogP contribution in [-0.4, -0.2) is 30.9 Å². The molecule has 2 aromatic rings. The molecule has 0 saturated heterocycles. The van der Waals surface area contributed by atoms with Gasteiger partial charge in [0.2, 0.25) is 5.91 Å². The molecule has 1 atom stereocenters. The third kappa shape index (κ3) is 5.06. The van der Waals surface area contributed by atoms with Crippen LogP contribution in [0.4, 0.5) is 5.69 Å². The number of nitrogens with one attached hydrogen (secondary N) is 2. The third-order valence-corrected chi connectivity index (χ3v) is 3.65. The van der Waals surface area contributed by atoms with E-state index in [9.17, 15) is 14.4 Å². The van der Waals surface area contributed by atoms with Gasteiger partial charge in [-0.1, -0.05) is 17.7 Å². The molecule has 0 aliphatic rings. The maximum Gasteiger partial charge on any atom is 0.337 e. The minimum absolute atomic E-state index is 0.318. The van der Waals surface area contributed by atoms with Crippen LogP contribution in [0.1, 0.15) is 27.6 Å².